The van der Waals surface area contributed by atoms with Gasteiger partial charge >= 0.3 is 0 Å². The highest BCUT2D eigenvalue weighted by Gasteiger charge is 2.30. The number of morpholine rings is 1. The zero-order chi connectivity index (χ0) is 19.8. The number of furan rings is 1. The van der Waals surface area contributed by atoms with Gasteiger partial charge in [-0.05, 0) is 42.0 Å². The lowest BCUT2D eigenvalue weighted by molar-refractivity contribution is -0.111. The van der Waals surface area contributed by atoms with Crippen molar-refractivity contribution < 1.29 is 19.2 Å². The van der Waals surface area contributed by atoms with Gasteiger partial charge in [0.1, 0.15) is 5.76 Å². The fourth-order valence-electron chi connectivity index (χ4n) is 3.86. The number of hydroxylamine groups is 2. The number of nitrogens with one attached hydrogen (secondary N) is 1. The van der Waals surface area contributed by atoms with Crippen molar-refractivity contribution >= 4 is 17.2 Å². The van der Waals surface area contributed by atoms with Gasteiger partial charge in [-0.1, -0.05) is 6.08 Å². The first-order valence-corrected chi connectivity index (χ1v) is 9.60. The Morgan fingerprint density at radius 1 is 1.14 bits per heavy atom. The molecule has 29 heavy (non-hydrogen) atoms. The molecule has 1 fully saturated rings. The molecule has 1 aromatic heterocycles. The van der Waals surface area contributed by atoms with E-state index in [0.29, 0.717) is 11.3 Å². The molecule has 7 nitrogen and oxygen atoms in total. The third-order valence-corrected chi connectivity index (χ3v) is 5.33. The van der Waals surface area contributed by atoms with E-state index < -0.39 is 0 Å². The molecule has 1 aromatic carbocycles. The van der Waals surface area contributed by atoms with Gasteiger partial charge in [0.2, 0.25) is 0 Å². The number of carbonyl (C=O) groups is 1. The van der Waals surface area contributed by atoms with E-state index in [1.165, 1.54) is 0 Å². The molecule has 0 radical (unpaired) electrons. The Labute approximate surface area is 168 Å². The van der Waals surface area contributed by atoms with Crippen molar-refractivity contribution in [2.45, 2.75) is 0 Å². The fraction of sp³-hybridized carbons (Fsp3) is 0.227. The van der Waals surface area contributed by atoms with Crippen molar-refractivity contribution in [2.24, 2.45) is 0 Å². The molecule has 3 aliphatic heterocycles. The number of carbonyl (C=O) groups excluding carboxylic acids is 1. The molecule has 7 heteroatoms. The number of allylic oxidation sites excluding steroid dienone is 1. The van der Waals surface area contributed by atoms with Gasteiger partial charge in [-0.25, -0.2) is 5.06 Å². The lowest BCUT2D eigenvalue weighted by atomic mass is 9.99. The van der Waals surface area contributed by atoms with Crippen LogP contribution in [0.1, 0.15) is 5.56 Å². The molecule has 5 rings (SSSR count). The third kappa shape index (κ3) is 3.40. The molecule has 148 valence electrons. The minimum absolute atomic E-state index is 0.236. The summed E-state index contributed by atoms with van der Waals surface area (Å²) in [6, 6.07) is 9.36. The minimum Gasteiger partial charge on any atom is -0.464 e. The minimum atomic E-state index is -0.236. The highest BCUT2D eigenvalue weighted by Crippen LogP contribution is 2.38. The summed E-state index contributed by atoms with van der Waals surface area (Å²) < 4.78 is 10.9. The molecule has 4 heterocycles. The van der Waals surface area contributed by atoms with E-state index >= 15 is 0 Å². The van der Waals surface area contributed by atoms with E-state index in [1.807, 2.05) is 36.4 Å². The van der Waals surface area contributed by atoms with Crippen LogP contribution in [0.5, 0.6) is 0 Å². The maximum absolute atomic E-state index is 12.7. The summed E-state index contributed by atoms with van der Waals surface area (Å²) >= 11 is 0. The quantitative estimate of drug-likeness (QED) is 0.783. The number of fused-ring (bicyclic) bond motifs is 1. The first kappa shape index (κ1) is 17.9. The molecule has 2 aromatic rings. The topological polar surface area (TPSA) is 78.2 Å². The number of anilines is 1. The molecule has 0 aliphatic carbocycles. The summed E-state index contributed by atoms with van der Waals surface area (Å²) in [4.78, 5) is 14.9. The Morgan fingerprint density at radius 2 is 2.00 bits per heavy atom. The molecule has 2 N–H and O–H groups in total. The molecule has 0 bridgehead atoms. The SMILES string of the molecule is O=C1Nc2ccc(-c3ccco3)cc2/C1=C1\C=CC(CN2CCOCC2)=CN1O. The Kier molecular flexibility index (Phi) is 4.55. The summed E-state index contributed by atoms with van der Waals surface area (Å²) in [6.45, 7) is 3.92. The molecule has 0 unspecified atom stereocenters. The van der Waals surface area contributed by atoms with E-state index in [0.717, 1.165) is 66.1 Å². The van der Waals surface area contributed by atoms with E-state index in [-0.39, 0.29) is 5.91 Å². The van der Waals surface area contributed by atoms with Crippen molar-refractivity contribution in [3.05, 3.63) is 71.8 Å². The first-order valence-electron chi connectivity index (χ1n) is 9.60. The van der Waals surface area contributed by atoms with Crippen molar-refractivity contribution in [3.8, 4) is 11.3 Å². The van der Waals surface area contributed by atoms with Crippen LogP contribution in [0.4, 0.5) is 5.69 Å². The first-order chi connectivity index (χ1) is 14.2. The largest absolute Gasteiger partial charge is 0.464 e. The van der Waals surface area contributed by atoms with Crippen molar-refractivity contribution in [2.75, 3.05) is 38.2 Å². The molecule has 1 amide bonds. The second-order valence-corrected chi connectivity index (χ2v) is 7.22. The van der Waals surface area contributed by atoms with Gasteiger partial charge in [-0.2, -0.15) is 0 Å². The lowest BCUT2D eigenvalue weighted by Crippen LogP contribution is -2.37. The number of rotatable bonds is 3. The average Bonchev–Trinajstić information content (AvgIpc) is 3.36. The highest BCUT2D eigenvalue weighted by molar-refractivity contribution is 6.32. The van der Waals surface area contributed by atoms with Crippen LogP contribution >= 0.6 is 0 Å². The number of benzene rings is 1. The van der Waals surface area contributed by atoms with Crippen LogP contribution in [0.15, 0.2) is 70.6 Å². The summed E-state index contributed by atoms with van der Waals surface area (Å²) in [5, 5.41) is 14.5. The Bertz CT molecular complexity index is 1030. The number of hydrogen-bond donors (Lipinski definition) is 2. The van der Waals surface area contributed by atoms with Gasteiger partial charge in [0.15, 0.2) is 0 Å². The highest BCUT2D eigenvalue weighted by atomic mass is 16.5. The van der Waals surface area contributed by atoms with E-state index in [9.17, 15) is 10.0 Å². The van der Waals surface area contributed by atoms with Crippen LogP contribution in [0, 0.1) is 0 Å². The maximum Gasteiger partial charge on any atom is 0.258 e. The summed E-state index contributed by atoms with van der Waals surface area (Å²) in [6.07, 6.45) is 7.02. The van der Waals surface area contributed by atoms with E-state index in [2.05, 4.69) is 10.2 Å². The molecular formula is C22H21N3O4. The van der Waals surface area contributed by atoms with Crippen LogP contribution in [0.2, 0.25) is 0 Å². The number of ether oxygens (including phenoxy) is 1. The number of hydrogen-bond acceptors (Lipinski definition) is 6. The van der Waals surface area contributed by atoms with Gasteiger partial charge in [-0.3, -0.25) is 14.9 Å². The summed E-state index contributed by atoms with van der Waals surface area (Å²) in [5.74, 6) is 0.490. The Morgan fingerprint density at radius 3 is 2.76 bits per heavy atom. The van der Waals surface area contributed by atoms with Gasteiger partial charge < -0.3 is 14.5 Å². The van der Waals surface area contributed by atoms with Crippen molar-refractivity contribution in [1.29, 1.82) is 0 Å². The normalized spacial score (nSPS) is 21.9. The molecular weight excluding hydrogens is 370 g/mol. The molecule has 0 saturated carbocycles. The van der Waals surface area contributed by atoms with Gasteiger partial charge in [0, 0.05) is 42.6 Å². The Hall–Kier alpha value is -3.13. The zero-order valence-electron chi connectivity index (χ0n) is 15.8. The maximum atomic E-state index is 12.7. The third-order valence-electron chi connectivity index (χ3n) is 5.33. The number of nitrogens with zero attached hydrogens (tertiary/aromatic N) is 2. The van der Waals surface area contributed by atoms with E-state index in [1.54, 1.807) is 18.5 Å². The molecule has 1 saturated heterocycles. The zero-order valence-corrected chi connectivity index (χ0v) is 15.8. The van der Waals surface area contributed by atoms with Crippen LogP contribution in [-0.2, 0) is 9.53 Å². The van der Waals surface area contributed by atoms with Crippen LogP contribution in [0.3, 0.4) is 0 Å². The van der Waals surface area contributed by atoms with E-state index in [4.69, 9.17) is 9.15 Å². The molecule has 3 aliphatic rings. The monoisotopic (exact) mass is 391 g/mol. The standard InChI is InChI=1S/C22H21N3O4/c26-22-21(17-12-16(4-5-18(17)23-22)20-2-1-9-29-20)19-6-3-15(14-25(19)27)13-24-7-10-28-11-8-24/h1-6,9,12,14,27H,7-8,10-11,13H2,(H,23,26)/b21-19-. The van der Waals surface area contributed by atoms with Gasteiger partial charge in [-0.15, -0.1) is 0 Å². The molecule has 0 atom stereocenters. The van der Waals surface area contributed by atoms with Gasteiger partial charge in [0.25, 0.3) is 5.91 Å². The second-order valence-electron chi connectivity index (χ2n) is 7.22. The predicted molar refractivity (Wildman–Crippen MR) is 108 cm³/mol. The van der Waals surface area contributed by atoms with Crippen LogP contribution in [-0.4, -0.2) is 53.9 Å². The summed E-state index contributed by atoms with van der Waals surface area (Å²) in [7, 11) is 0. The smallest absolute Gasteiger partial charge is 0.258 e. The predicted octanol–water partition coefficient (Wildman–Crippen LogP) is 3.09. The lowest BCUT2D eigenvalue weighted by Gasteiger charge is -2.28. The Balaban J connectivity index is 1.46. The van der Waals surface area contributed by atoms with Crippen molar-refractivity contribution in [1.82, 2.24) is 9.96 Å². The van der Waals surface area contributed by atoms with Crippen LogP contribution < -0.4 is 5.32 Å². The van der Waals surface area contributed by atoms with Crippen LogP contribution in [0.25, 0.3) is 16.9 Å². The average molecular weight is 391 g/mol. The fourth-order valence-corrected chi connectivity index (χ4v) is 3.86. The van der Waals surface area contributed by atoms with Gasteiger partial charge in [0.05, 0.1) is 30.7 Å². The second kappa shape index (κ2) is 7.36. The molecule has 0 spiro atoms. The number of amides is 1. The van der Waals surface area contributed by atoms with Crippen molar-refractivity contribution in [3.63, 3.8) is 0 Å². The summed E-state index contributed by atoms with van der Waals surface area (Å²) in [5.41, 5.74) is 4.20.